The number of carbonyl (C=O) groups is 2. The van der Waals surface area contributed by atoms with Crippen LogP contribution in [-0.4, -0.2) is 54.1 Å². The van der Waals surface area contributed by atoms with Crippen LogP contribution in [-0.2, 0) is 14.8 Å². The summed E-state index contributed by atoms with van der Waals surface area (Å²) < 4.78 is 34.1. The van der Waals surface area contributed by atoms with Crippen molar-refractivity contribution in [2.24, 2.45) is 0 Å². The number of esters is 1. The van der Waals surface area contributed by atoms with Gasteiger partial charge in [-0.1, -0.05) is 15.9 Å². The number of fused-ring (bicyclic) bond motifs is 1. The maximum absolute atomic E-state index is 13.5. The lowest BCUT2D eigenvalue weighted by Gasteiger charge is -2.15. The van der Waals surface area contributed by atoms with Crippen LogP contribution in [0.5, 0.6) is 0 Å². The van der Waals surface area contributed by atoms with Crippen LogP contribution in [0.1, 0.15) is 40.6 Å². The summed E-state index contributed by atoms with van der Waals surface area (Å²) in [5.74, 6) is -1.23. The number of thiophene rings is 1. The third-order valence-corrected chi connectivity index (χ3v) is 9.58. The number of aromatic nitrogens is 2. The van der Waals surface area contributed by atoms with Gasteiger partial charge in [0.2, 0.25) is 10.0 Å². The average molecular weight is 632 g/mol. The Balaban J connectivity index is 1.51. The molecule has 0 bridgehead atoms. The van der Waals surface area contributed by atoms with Gasteiger partial charge in [0, 0.05) is 33.9 Å². The molecule has 39 heavy (non-hydrogen) atoms. The highest BCUT2D eigenvalue weighted by molar-refractivity contribution is 9.10. The highest BCUT2D eigenvalue weighted by atomic mass is 79.9. The molecule has 10 nitrogen and oxygen atoms in total. The molecule has 0 unspecified atom stereocenters. The van der Waals surface area contributed by atoms with E-state index < -0.39 is 27.5 Å². The molecule has 2 aromatic carbocycles. The number of amides is 1. The Morgan fingerprint density at radius 1 is 1.08 bits per heavy atom. The van der Waals surface area contributed by atoms with Gasteiger partial charge in [0.05, 0.1) is 22.6 Å². The van der Waals surface area contributed by atoms with E-state index in [1.54, 1.807) is 36.6 Å². The third-order valence-electron chi connectivity index (χ3n) is 6.24. The molecule has 2 aromatic heterocycles. The second-order valence-electron chi connectivity index (χ2n) is 8.71. The second-order valence-corrected chi connectivity index (χ2v) is 12.4. The van der Waals surface area contributed by atoms with Gasteiger partial charge in [-0.2, -0.15) is 14.1 Å². The summed E-state index contributed by atoms with van der Waals surface area (Å²) in [5.41, 5.74) is 0.0605. The number of hydrogen-bond acceptors (Lipinski definition) is 8. The summed E-state index contributed by atoms with van der Waals surface area (Å²) >= 11 is 4.44. The number of nitrogens with one attached hydrogen (secondary N) is 1. The first-order valence-electron chi connectivity index (χ1n) is 12.1. The molecule has 0 aliphatic carbocycles. The van der Waals surface area contributed by atoms with Crippen LogP contribution in [0.25, 0.3) is 16.5 Å². The fraction of sp³-hybridized carbons (Fsp3) is 0.231. The number of rotatable bonds is 7. The molecule has 3 heterocycles. The molecule has 13 heteroatoms. The first-order chi connectivity index (χ1) is 18.7. The van der Waals surface area contributed by atoms with E-state index in [4.69, 9.17) is 4.74 Å². The van der Waals surface area contributed by atoms with E-state index in [0.717, 1.165) is 33.3 Å². The molecule has 0 spiro atoms. The number of benzene rings is 2. The lowest BCUT2D eigenvalue weighted by molar-refractivity contribution is 0.0519. The summed E-state index contributed by atoms with van der Waals surface area (Å²) in [5, 5.41) is 9.20. The Morgan fingerprint density at radius 3 is 2.38 bits per heavy atom. The summed E-state index contributed by atoms with van der Waals surface area (Å²) in [6.45, 7) is 2.75. The van der Waals surface area contributed by atoms with Crippen LogP contribution in [0, 0.1) is 0 Å². The Morgan fingerprint density at radius 2 is 1.74 bits per heavy atom. The molecular weight excluding hydrogens is 608 g/mol. The number of hydrogen-bond donors (Lipinski definition) is 1. The minimum Gasteiger partial charge on any atom is -0.461 e. The summed E-state index contributed by atoms with van der Waals surface area (Å²) in [7, 11) is -3.61. The van der Waals surface area contributed by atoms with Crippen molar-refractivity contribution in [2.45, 2.75) is 24.7 Å². The molecule has 1 N–H and O–H groups in total. The van der Waals surface area contributed by atoms with E-state index in [1.165, 1.54) is 28.6 Å². The molecule has 1 aliphatic heterocycles. The van der Waals surface area contributed by atoms with Gasteiger partial charge in [-0.3, -0.25) is 9.59 Å². The van der Waals surface area contributed by atoms with Crippen LogP contribution in [0.15, 0.2) is 68.1 Å². The van der Waals surface area contributed by atoms with E-state index in [-0.39, 0.29) is 38.5 Å². The third kappa shape index (κ3) is 5.26. The molecule has 0 radical (unpaired) electrons. The van der Waals surface area contributed by atoms with Crippen molar-refractivity contribution in [2.75, 3.05) is 25.0 Å². The highest BCUT2D eigenvalue weighted by Gasteiger charge is 2.27. The number of carbonyl (C=O) groups excluding carboxylic acids is 2. The zero-order chi connectivity index (χ0) is 27.7. The lowest BCUT2D eigenvalue weighted by Crippen LogP contribution is -2.27. The zero-order valence-corrected chi connectivity index (χ0v) is 23.9. The summed E-state index contributed by atoms with van der Waals surface area (Å²) in [6.07, 6.45) is 1.65. The first-order valence-corrected chi connectivity index (χ1v) is 15.2. The lowest BCUT2D eigenvalue weighted by atomic mass is 10.2. The molecule has 1 aliphatic rings. The fourth-order valence-electron chi connectivity index (χ4n) is 4.28. The van der Waals surface area contributed by atoms with Crippen LogP contribution in [0.4, 0.5) is 5.00 Å². The predicted molar refractivity (Wildman–Crippen MR) is 151 cm³/mol. The van der Waals surface area contributed by atoms with Gasteiger partial charge in [0.25, 0.3) is 11.5 Å². The second kappa shape index (κ2) is 11.0. The predicted octanol–water partition coefficient (Wildman–Crippen LogP) is 4.42. The van der Waals surface area contributed by atoms with Gasteiger partial charge in [0.1, 0.15) is 5.00 Å². The van der Waals surface area contributed by atoms with E-state index in [0.29, 0.717) is 18.8 Å². The van der Waals surface area contributed by atoms with Crippen molar-refractivity contribution in [1.82, 2.24) is 14.1 Å². The standard InChI is InChI=1S/C26H23BrN4O6S2/c1-2-37-26(34)22-20-15-38-24(21(20)25(33)31(29-22)18-9-7-17(27)8-10-18)28-23(32)16-5-11-19(12-6-16)39(35,36)30-13-3-4-14-30/h5-12,15H,2-4,13-14H2,1H3,(H,28,32). The van der Waals surface area contributed by atoms with E-state index in [9.17, 15) is 22.8 Å². The van der Waals surface area contributed by atoms with Crippen molar-refractivity contribution in [3.05, 3.63) is 80.0 Å². The van der Waals surface area contributed by atoms with Crippen molar-refractivity contribution in [3.8, 4) is 5.69 Å². The van der Waals surface area contributed by atoms with E-state index >= 15 is 0 Å². The van der Waals surface area contributed by atoms with Crippen LogP contribution < -0.4 is 10.9 Å². The monoisotopic (exact) mass is 630 g/mol. The molecule has 0 saturated carbocycles. The Kier molecular flexibility index (Phi) is 7.67. The van der Waals surface area contributed by atoms with Gasteiger partial charge in [0.15, 0.2) is 5.69 Å². The van der Waals surface area contributed by atoms with Gasteiger partial charge in [-0.25, -0.2) is 13.2 Å². The molecule has 202 valence electrons. The van der Waals surface area contributed by atoms with E-state index in [2.05, 4.69) is 26.3 Å². The Bertz CT molecular complexity index is 1730. The minimum atomic E-state index is -3.61. The van der Waals surface area contributed by atoms with Crippen LogP contribution in [0.2, 0.25) is 0 Å². The molecule has 5 rings (SSSR count). The molecule has 0 atom stereocenters. The molecular formula is C26H23BrN4O6S2. The number of sulfonamides is 1. The Hall–Kier alpha value is -3.39. The van der Waals surface area contributed by atoms with Gasteiger partial charge in [-0.15, -0.1) is 11.3 Å². The van der Waals surface area contributed by atoms with Crippen molar-refractivity contribution in [3.63, 3.8) is 0 Å². The molecule has 4 aromatic rings. The molecule has 1 fully saturated rings. The summed E-state index contributed by atoms with van der Waals surface area (Å²) in [4.78, 5) is 39.5. The maximum Gasteiger partial charge on any atom is 0.359 e. The topological polar surface area (TPSA) is 128 Å². The average Bonchev–Trinajstić information content (AvgIpc) is 3.62. The highest BCUT2D eigenvalue weighted by Crippen LogP contribution is 2.31. The summed E-state index contributed by atoms with van der Waals surface area (Å²) in [6, 6.07) is 12.5. The molecule has 1 amide bonds. The Labute approximate surface area is 236 Å². The fourth-order valence-corrected chi connectivity index (χ4v) is 6.99. The number of anilines is 1. The number of nitrogens with zero attached hydrogens (tertiary/aromatic N) is 3. The zero-order valence-electron chi connectivity index (χ0n) is 20.7. The number of halogens is 1. The normalized spacial score (nSPS) is 14.0. The smallest absolute Gasteiger partial charge is 0.359 e. The van der Waals surface area contributed by atoms with Crippen LogP contribution in [0.3, 0.4) is 0 Å². The van der Waals surface area contributed by atoms with Gasteiger partial charge in [-0.05, 0) is 68.3 Å². The quantitative estimate of drug-likeness (QED) is 0.299. The SMILES string of the molecule is CCOC(=O)c1nn(-c2ccc(Br)cc2)c(=O)c2c(NC(=O)c3ccc(S(=O)(=O)N4CCCC4)cc3)scc12. The molecule has 1 saturated heterocycles. The minimum absolute atomic E-state index is 0.0532. The van der Waals surface area contributed by atoms with Crippen molar-refractivity contribution < 1.29 is 22.7 Å². The largest absolute Gasteiger partial charge is 0.461 e. The maximum atomic E-state index is 13.5. The van der Waals surface area contributed by atoms with E-state index in [1.807, 2.05) is 0 Å². The first kappa shape index (κ1) is 27.2. The van der Waals surface area contributed by atoms with Gasteiger partial charge < -0.3 is 10.1 Å². The van der Waals surface area contributed by atoms with Gasteiger partial charge >= 0.3 is 5.97 Å². The number of ether oxygens (including phenoxy) is 1. The van der Waals surface area contributed by atoms with Crippen LogP contribution >= 0.6 is 27.3 Å². The van der Waals surface area contributed by atoms with Crippen molar-refractivity contribution >= 4 is 64.9 Å². The van der Waals surface area contributed by atoms with Crippen molar-refractivity contribution in [1.29, 1.82) is 0 Å².